The van der Waals surface area contributed by atoms with Crippen molar-refractivity contribution in [1.29, 1.82) is 0 Å². The smallest absolute Gasteiger partial charge is 0.263 e. The van der Waals surface area contributed by atoms with Gasteiger partial charge in [0.1, 0.15) is 0 Å². The van der Waals surface area contributed by atoms with Gasteiger partial charge in [0.25, 0.3) is 5.91 Å². The molecule has 5 heteroatoms. The van der Waals surface area contributed by atoms with Crippen molar-refractivity contribution in [2.24, 2.45) is 0 Å². The van der Waals surface area contributed by atoms with E-state index >= 15 is 0 Å². The molecule has 0 bridgehead atoms. The molecule has 3 heterocycles. The van der Waals surface area contributed by atoms with Gasteiger partial charge in [0.15, 0.2) is 0 Å². The van der Waals surface area contributed by atoms with E-state index in [4.69, 9.17) is 5.10 Å². The molecule has 1 aromatic carbocycles. The maximum Gasteiger partial charge on any atom is 0.263 e. The third kappa shape index (κ3) is 2.98. The van der Waals surface area contributed by atoms with Crippen molar-refractivity contribution in [2.45, 2.75) is 45.4 Å². The van der Waals surface area contributed by atoms with E-state index in [2.05, 4.69) is 46.8 Å². The van der Waals surface area contributed by atoms with E-state index in [0.717, 1.165) is 55.0 Å². The van der Waals surface area contributed by atoms with Crippen LogP contribution < -0.4 is 0 Å². The minimum Gasteiger partial charge on any atom is -0.338 e. The number of carbonyl (C=O) groups is 1. The second-order valence-corrected chi connectivity index (χ2v) is 8.88. The molecule has 5 rings (SSSR count). The van der Waals surface area contributed by atoms with Crippen LogP contribution in [0.15, 0.2) is 36.4 Å². The number of benzene rings is 1. The molecule has 0 N–H and O–H groups in total. The minimum absolute atomic E-state index is 0.218. The number of amides is 1. The van der Waals surface area contributed by atoms with Crippen molar-refractivity contribution < 1.29 is 4.79 Å². The second-order valence-electron chi connectivity index (χ2n) is 7.83. The van der Waals surface area contributed by atoms with E-state index in [9.17, 15) is 4.79 Å². The Bertz CT molecular complexity index is 1010. The van der Waals surface area contributed by atoms with E-state index in [0.29, 0.717) is 0 Å². The number of hydrogen-bond acceptors (Lipinski definition) is 3. The Balaban J connectivity index is 1.52. The van der Waals surface area contributed by atoms with Crippen LogP contribution in [0, 0.1) is 6.92 Å². The zero-order chi connectivity index (χ0) is 19.1. The lowest BCUT2D eigenvalue weighted by Gasteiger charge is -2.19. The first kappa shape index (κ1) is 17.7. The topological polar surface area (TPSA) is 38.1 Å². The van der Waals surface area contributed by atoms with Gasteiger partial charge in [-0.25, -0.2) is 4.68 Å². The van der Waals surface area contributed by atoms with Crippen molar-refractivity contribution in [1.82, 2.24) is 14.7 Å². The summed E-state index contributed by atoms with van der Waals surface area (Å²) in [6, 6.07) is 12.5. The van der Waals surface area contributed by atoms with Gasteiger partial charge < -0.3 is 4.90 Å². The predicted molar refractivity (Wildman–Crippen MR) is 113 cm³/mol. The maximum atomic E-state index is 13.1. The number of para-hydroxylation sites is 1. The molecule has 0 spiro atoms. The molecule has 0 radical (unpaired) electrons. The highest BCUT2D eigenvalue weighted by Gasteiger charge is 2.29. The first-order chi connectivity index (χ1) is 13.7. The summed E-state index contributed by atoms with van der Waals surface area (Å²) in [4.78, 5) is 17.3. The Labute approximate surface area is 169 Å². The Morgan fingerprint density at radius 1 is 1.04 bits per heavy atom. The van der Waals surface area contributed by atoms with Crippen LogP contribution in [0.1, 0.15) is 52.3 Å². The monoisotopic (exact) mass is 391 g/mol. The molecule has 0 saturated carbocycles. The molecule has 1 aliphatic heterocycles. The van der Waals surface area contributed by atoms with Gasteiger partial charge in [-0.1, -0.05) is 31.0 Å². The van der Waals surface area contributed by atoms with E-state index < -0.39 is 0 Å². The average molecular weight is 392 g/mol. The lowest BCUT2D eigenvalue weighted by Crippen LogP contribution is -2.31. The lowest BCUT2D eigenvalue weighted by molar-refractivity contribution is 0.0766. The van der Waals surface area contributed by atoms with Gasteiger partial charge >= 0.3 is 0 Å². The number of nitrogens with zero attached hydrogens (tertiary/aromatic N) is 3. The number of thiophene rings is 1. The summed E-state index contributed by atoms with van der Waals surface area (Å²) < 4.78 is 2.09. The van der Waals surface area contributed by atoms with Crippen molar-refractivity contribution in [2.75, 3.05) is 13.1 Å². The fourth-order valence-corrected chi connectivity index (χ4v) is 5.80. The Morgan fingerprint density at radius 3 is 2.54 bits per heavy atom. The van der Waals surface area contributed by atoms with Crippen molar-refractivity contribution >= 4 is 17.2 Å². The molecule has 2 aliphatic rings. The van der Waals surface area contributed by atoms with E-state index in [1.807, 2.05) is 6.07 Å². The summed E-state index contributed by atoms with van der Waals surface area (Å²) in [6.45, 7) is 3.89. The summed E-state index contributed by atoms with van der Waals surface area (Å²) in [5.74, 6) is 0.218. The summed E-state index contributed by atoms with van der Waals surface area (Å²) in [7, 11) is 0. The molecule has 3 aromatic rings. The quantitative estimate of drug-likeness (QED) is 0.615. The first-order valence-corrected chi connectivity index (χ1v) is 11.1. The van der Waals surface area contributed by atoms with Gasteiger partial charge in [-0.05, 0) is 56.4 Å². The van der Waals surface area contributed by atoms with Crippen molar-refractivity contribution in [3.63, 3.8) is 0 Å². The van der Waals surface area contributed by atoms with Gasteiger partial charge in [-0.3, -0.25) is 4.79 Å². The number of aryl methyl sites for hydroxylation is 2. The van der Waals surface area contributed by atoms with Crippen LogP contribution in [-0.4, -0.2) is 33.7 Å². The SMILES string of the molecule is Cc1nn(-c2ccccc2)c2c1-c1sc(C(=O)N3CCCCCC3)cc1CC2. The second kappa shape index (κ2) is 7.21. The van der Waals surface area contributed by atoms with Crippen LogP contribution in [0.3, 0.4) is 0 Å². The van der Waals surface area contributed by atoms with Gasteiger partial charge in [-0.2, -0.15) is 5.10 Å². The fourth-order valence-electron chi connectivity index (χ4n) is 4.50. The van der Waals surface area contributed by atoms with Crippen LogP contribution in [0.25, 0.3) is 16.1 Å². The summed E-state index contributed by atoms with van der Waals surface area (Å²) in [6.07, 6.45) is 6.68. The molecular weight excluding hydrogens is 366 g/mol. The molecule has 2 aromatic heterocycles. The van der Waals surface area contributed by atoms with Crippen LogP contribution in [-0.2, 0) is 12.8 Å². The van der Waals surface area contributed by atoms with E-state index in [-0.39, 0.29) is 5.91 Å². The van der Waals surface area contributed by atoms with Crippen LogP contribution in [0.5, 0.6) is 0 Å². The Morgan fingerprint density at radius 2 is 1.79 bits per heavy atom. The largest absolute Gasteiger partial charge is 0.338 e. The molecular formula is C23H25N3OS. The zero-order valence-corrected chi connectivity index (χ0v) is 17.1. The number of rotatable bonds is 2. The molecule has 1 saturated heterocycles. The molecule has 1 fully saturated rings. The highest BCUT2D eigenvalue weighted by Crippen LogP contribution is 2.42. The minimum atomic E-state index is 0.218. The lowest BCUT2D eigenvalue weighted by atomic mass is 9.95. The number of likely N-dealkylation sites (tertiary alicyclic amines) is 1. The Kier molecular flexibility index (Phi) is 4.55. The van der Waals surface area contributed by atoms with Crippen LogP contribution in [0.2, 0.25) is 0 Å². The molecule has 28 heavy (non-hydrogen) atoms. The summed E-state index contributed by atoms with van der Waals surface area (Å²) in [5.41, 5.74) is 5.98. The molecule has 1 amide bonds. The zero-order valence-electron chi connectivity index (χ0n) is 16.3. The predicted octanol–water partition coefficient (Wildman–Crippen LogP) is 5.02. The molecule has 144 valence electrons. The third-order valence-corrected chi connectivity index (χ3v) is 7.11. The normalized spacial score (nSPS) is 16.4. The van der Waals surface area contributed by atoms with E-state index in [1.54, 1.807) is 11.3 Å². The number of aromatic nitrogens is 2. The van der Waals surface area contributed by atoms with Gasteiger partial charge in [0.05, 0.1) is 22.0 Å². The average Bonchev–Trinajstić information content (AvgIpc) is 3.18. The number of carbonyl (C=O) groups excluding carboxylic acids is 1. The maximum absolute atomic E-state index is 13.1. The highest BCUT2D eigenvalue weighted by molar-refractivity contribution is 7.17. The van der Waals surface area contributed by atoms with Crippen LogP contribution in [0.4, 0.5) is 0 Å². The van der Waals surface area contributed by atoms with Crippen molar-refractivity contribution in [3.05, 3.63) is 58.2 Å². The molecule has 4 nitrogen and oxygen atoms in total. The summed E-state index contributed by atoms with van der Waals surface area (Å²) >= 11 is 1.66. The highest BCUT2D eigenvalue weighted by atomic mass is 32.1. The third-order valence-electron chi connectivity index (χ3n) is 5.93. The number of fused-ring (bicyclic) bond motifs is 3. The number of hydrogen-bond donors (Lipinski definition) is 0. The van der Waals surface area contributed by atoms with Crippen LogP contribution >= 0.6 is 11.3 Å². The van der Waals surface area contributed by atoms with Gasteiger partial charge in [0.2, 0.25) is 0 Å². The first-order valence-electron chi connectivity index (χ1n) is 10.3. The standard InChI is InChI=1S/C23H25N3OS/c1-16-21-19(26(24-16)18-9-5-4-6-10-18)12-11-17-15-20(28-22(17)21)23(27)25-13-7-2-3-8-14-25/h4-6,9-10,15H,2-3,7-8,11-14H2,1H3. The molecule has 0 atom stereocenters. The molecule has 0 unspecified atom stereocenters. The van der Waals surface area contributed by atoms with Gasteiger partial charge in [0, 0.05) is 23.5 Å². The van der Waals surface area contributed by atoms with Gasteiger partial charge in [-0.15, -0.1) is 11.3 Å². The van der Waals surface area contributed by atoms with Crippen molar-refractivity contribution in [3.8, 4) is 16.1 Å². The Hall–Kier alpha value is -2.40. The van der Waals surface area contributed by atoms with E-state index in [1.165, 1.54) is 34.5 Å². The molecule has 1 aliphatic carbocycles. The fraction of sp³-hybridized carbons (Fsp3) is 0.391. The summed E-state index contributed by atoms with van der Waals surface area (Å²) in [5, 5.41) is 4.85.